The lowest BCUT2D eigenvalue weighted by molar-refractivity contribution is -0.126. The van der Waals surface area contributed by atoms with E-state index < -0.39 is 12.0 Å². The van der Waals surface area contributed by atoms with E-state index in [1.165, 1.54) is 18.3 Å². The fourth-order valence-electron chi connectivity index (χ4n) is 4.09. The lowest BCUT2D eigenvalue weighted by Crippen LogP contribution is -2.46. The molecule has 1 aliphatic rings. The van der Waals surface area contributed by atoms with Crippen LogP contribution in [0.4, 0.5) is 17.1 Å². The number of hydrogen-bond donors (Lipinski definition) is 2. The van der Waals surface area contributed by atoms with Gasteiger partial charge in [0.15, 0.2) is 0 Å². The fraction of sp³-hybridized carbons (Fsp3) is 0.240. The third-order valence-corrected chi connectivity index (χ3v) is 6.90. The largest absolute Gasteiger partial charge is 0.326 e. The van der Waals surface area contributed by atoms with Crippen molar-refractivity contribution in [3.8, 4) is 0 Å². The van der Waals surface area contributed by atoms with Gasteiger partial charge in [0, 0.05) is 29.6 Å². The summed E-state index contributed by atoms with van der Waals surface area (Å²) in [6.07, 6.45) is 0.700. The van der Waals surface area contributed by atoms with Crippen LogP contribution in [0.1, 0.15) is 36.2 Å². The van der Waals surface area contributed by atoms with Crippen LogP contribution in [0.5, 0.6) is 0 Å². The highest BCUT2D eigenvalue weighted by Gasteiger charge is 2.42. The zero-order chi connectivity index (χ0) is 23.5. The summed E-state index contributed by atoms with van der Waals surface area (Å²) in [5, 5.41) is 7.94. The number of anilines is 3. The van der Waals surface area contributed by atoms with E-state index in [-0.39, 0.29) is 24.1 Å². The molecule has 2 atom stereocenters. The molecule has 2 heterocycles. The van der Waals surface area contributed by atoms with E-state index in [0.717, 1.165) is 16.1 Å². The van der Waals surface area contributed by atoms with Gasteiger partial charge in [0.2, 0.25) is 17.7 Å². The summed E-state index contributed by atoms with van der Waals surface area (Å²) in [5.41, 5.74) is 2.82. The quantitative estimate of drug-likeness (QED) is 0.484. The van der Waals surface area contributed by atoms with Crippen LogP contribution in [0.2, 0.25) is 5.02 Å². The number of hydrogen-bond acceptors (Lipinski definition) is 4. The molecule has 3 amide bonds. The van der Waals surface area contributed by atoms with Crippen LogP contribution in [0.3, 0.4) is 0 Å². The lowest BCUT2D eigenvalue weighted by atomic mass is 9.86. The highest BCUT2D eigenvalue weighted by Crippen LogP contribution is 2.42. The molecule has 33 heavy (non-hydrogen) atoms. The highest BCUT2D eigenvalue weighted by molar-refractivity contribution is 7.10. The van der Waals surface area contributed by atoms with Crippen molar-refractivity contribution < 1.29 is 14.4 Å². The van der Waals surface area contributed by atoms with Crippen LogP contribution >= 0.6 is 22.9 Å². The van der Waals surface area contributed by atoms with Crippen LogP contribution < -0.4 is 15.5 Å². The van der Waals surface area contributed by atoms with Gasteiger partial charge >= 0.3 is 0 Å². The number of aryl methyl sites for hydroxylation is 1. The number of nitrogens with one attached hydrogen (secondary N) is 2. The van der Waals surface area contributed by atoms with E-state index in [2.05, 4.69) is 10.6 Å². The number of carbonyl (C=O) groups excluding carboxylic acids is 3. The first-order valence-corrected chi connectivity index (χ1v) is 11.9. The third kappa shape index (κ3) is 5.10. The molecular weight excluding hydrogens is 458 g/mol. The topological polar surface area (TPSA) is 78.5 Å². The minimum Gasteiger partial charge on any atom is -0.326 e. The van der Waals surface area contributed by atoms with Gasteiger partial charge in [0.05, 0.1) is 22.7 Å². The first-order valence-electron chi connectivity index (χ1n) is 10.6. The van der Waals surface area contributed by atoms with Crippen molar-refractivity contribution >= 4 is 57.7 Å². The minimum absolute atomic E-state index is 0.00742. The van der Waals surface area contributed by atoms with E-state index in [1.54, 1.807) is 23.1 Å². The van der Waals surface area contributed by atoms with Gasteiger partial charge in [-0.15, -0.1) is 11.3 Å². The normalized spacial score (nSPS) is 18.2. The Balaban J connectivity index is 1.67. The Morgan fingerprint density at radius 2 is 1.85 bits per heavy atom. The second-order valence-electron chi connectivity index (χ2n) is 8.07. The van der Waals surface area contributed by atoms with Gasteiger partial charge in [-0.05, 0) is 55.1 Å². The number of amides is 3. The van der Waals surface area contributed by atoms with Gasteiger partial charge in [-0.2, -0.15) is 0 Å². The van der Waals surface area contributed by atoms with Crippen LogP contribution in [0, 0.1) is 12.8 Å². The van der Waals surface area contributed by atoms with Crippen molar-refractivity contribution in [2.75, 3.05) is 15.5 Å². The van der Waals surface area contributed by atoms with E-state index in [4.69, 9.17) is 11.6 Å². The third-order valence-electron chi connectivity index (χ3n) is 5.63. The summed E-state index contributed by atoms with van der Waals surface area (Å²) < 4.78 is 0. The lowest BCUT2D eigenvalue weighted by Gasteiger charge is -2.40. The maximum Gasteiger partial charge on any atom is 0.230 e. The number of piperidine rings is 1. The van der Waals surface area contributed by atoms with E-state index in [0.29, 0.717) is 22.8 Å². The van der Waals surface area contributed by atoms with Crippen molar-refractivity contribution in [3.05, 3.63) is 75.4 Å². The summed E-state index contributed by atoms with van der Waals surface area (Å²) in [6, 6.07) is 16.2. The van der Waals surface area contributed by atoms with Crippen LogP contribution in [0.25, 0.3) is 0 Å². The number of rotatable bonds is 5. The van der Waals surface area contributed by atoms with Gasteiger partial charge in [-0.3, -0.25) is 14.4 Å². The molecule has 0 saturated carbocycles. The predicted molar refractivity (Wildman–Crippen MR) is 133 cm³/mol. The Labute approximate surface area is 201 Å². The zero-order valence-corrected chi connectivity index (χ0v) is 19.9. The molecule has 1 saturated heterocycles. The molecule has 0 spiro atoms. The maximum atomic E-state index is 13.5. The van der Waals surface area contributed by atoms with E-state index in [1.807, 2.05) is 48.7 Å². The average molecular weight is 482 g/mol. The molecule has 170 valence electrons. The van der Waals surface area contributed by atoms with Gasteiger partial charge in [0.25, 0.3) is 0 Å². The molecule has 8 heteroatoms. The van der Waals surface area contributed by atoms with Crippen molar-refractivity contribution in [3.63, 3.8) is 0 Å². The number of benzene rings is 2. The molecule has 1 aromatic heterocycles. The van der Waals surface area contributed by atoms with Gasteiger partial charge in [-0.25, -0.2) is 0 Å². The first kappa shape index (κ1) is 23.0. The summed E-state index contributed by atoms with van der Waals surface area (Å²) in [4.78, 5) is 40.7. The van der Waals surface area contributed by atoms with Crippen LogP contribution in [-0.4, -0.2) is 17.7 Å². The molecule has 0 radical (unpaired) electrons. The van der Waals surface area contributed by atoms with Gasteiger partial charge < -0.3 is 15.5 Å². The molecule has 2 aromatic carbocycles. The Hall–Kier alpha value is -3.16. The fourth-order valence-corrected chi connectivity index (χ4v) is 5.13. The predicted octanol–water partition coefficient (Wildman–Crippen LogP) is 5.79. The first-order chi connectivity index (χ1) is 15.8. The van der Waals surface area contributed by atoms with E-state index >= 15 is 0 Å². The second kappa shape index (κ2) is 9.77. The smallest absolute Gasteiger partial charge is 0.230 e. The maximum absolute atomic E-state index is 13.5. The molecule has 1 aliphatic heterocycles. The van der Waals surface area contributed by atoms with Crippen molar-refractivity contribution in [1.29, 1.82) is 0 Å². The number of thiophene rings is 1. The Morgan fingerprint density at radius 1 is 1.09 bits per heavy atom. The molecule has 1 fully saturated rings. The molecule has 0 bridgehead atoms. The molecule has 2 unspecified atom stereocenters. The second-order valence-corrected chi connectivity index (χ2v) is 9.46. The molecule has 0 aliphatic carbocycles. The monoisotopic (exact) mass is 481 g/mol. The molecular formula is C25H24ClN3O3S. The molecule has 2 N–H and O–H groups in total. The minimum atomic E-state index is -0.469. The van der Waals surface area contributed by atoms with Crippen molar-refractivity contribution in [2.45, 2.75) is 32.7 Å². The zero-order valence-electron chi connectivity index (χ0n) is 18.3. The average Bonchev–Trinajstić information content (AvgIpc) is 3.31. The van der Waals surface area contributed by atoms with E-state index in [9.17, 15) is 14.4 Å². The summed E-state index contributed by atoms with van der Waals surface area (Å²) >= 11 is 7.85. The summed E-state index contributed by atoms with van der Waals surface area (Å²) in [7, 11) is 0. The molecule has 3 aromatic rings. The van der Waals surface area contributed by atoms with Gasteiger partial charge in [0.1, 0.15) is 0 Å². The van der Waals surface area contributed by atoms with Crippen molar-refractivity contribution in [1.82, 2.24) is 0 Å². The highest BCUT2D eigenvalue weighted by atomic mass is 35.5. The standard InChI is InChI=1S/C25H24ClN3O3S/c1-15-5-8-18(9-6-15)29-23(31)12-10-19(24(29)22-4-3-13-33-22)25(32)28-21-14-17(27-16(2)30)7-11-20(21)26/h3-9,11,13-14,19,24H,10,12H2,1-2H3,(H,27,30)(H,28,32). The van der Waals surface area contributed by atoms with Crippen molar-refractivity contribution in [2.24, 2.45) is 5.92 Å². The Morgan fingerprint density at radius 3 is 2.52 bits per heavy atom. The molecule has 6 nitrogen and oxygen atoms in total. The van der Waals surface area contributed by atoms with Crippen LogP contribution in [0.15, 0.2) is 60.0 Å². The number of halogens is 1. The SMILES string of the molecule is CC(=O)Nc1ccc(Cl)c(NC(=O)C2CCC(=O)N(c3ccc(C)cc3)C2c2cccs2)c1. The number of carbonyl (C=O) groups is 3. The number of nitrogens with zero attached hydrogens (tertiary/aromatic N) is 1. The van der Waals surface area contributed by atoms with Gasteiger partial charge in [-0.1, -0.05) is 35.4 Å². The Kier molecular flexibility index (Phi) is 6.81. The summed E-state index contributed by atoms with van der Waals surface area (Å²) in [5.74, 6) is -0.915. The Bertz CT molecular complexity index is 1180. The summed E-state index contributed by atoms with van der Waals surface area (Å²) in [6.45, 7) is 3.41. The molecule has 4 rings (SSSR count). The van der Waals surface area contributed by atoms with Crippen LogP contribution in [-0.2, 0) is 14.4 Å².